The van der Waals surface area contributed by atoms with Gasteiger partial charge < -0.3 is 5.11 Å². The molecule has 0 saturated carbocycles. The number of phenols is 1. The number of carbonyl (C=O) groups excluding carboxylic acids is 1. The fourth-order valence-corrected chi connectivity index (χ4v) is 2.60. The number of carbonyl (C=O) groups is 1. The van der Waals surface area contributed by atoms with E-state index in [0.29, 0.717) is 5.39 Å². The molecule has 0 saturated heterocycles. The van der Waals surface area contributed by atoms with E-state index >= 15 is 0 Å². The van der Waals surface area contributed by atoms with Crippen LogP contribution in [0.5, 0.6) is 5.75 Å². The maximum absolute atomic E-state index is 12.1. The van der Waals surface area contributed by atoms with Crippen molar-refractivity contribution in [3.63, 3.8) is 0 Å². The zero-order chi connectivity index (χ0) is 14.7. The summed E-state index contributed by atoms with van der Waals surface area (Å²) in [6, 6.07) is 14.5. The van der Waals surface area contributed by atoms with Crippen molar-refractivity contribution < 1.29 is 9.90 Å². The number of aromatic hydroxyl groups is 1. The highest BCUT2D eigenvalue weighted by Crippen LogP contribution is 2.28. The number of benzene rings is 2. The summed E-state index contributed by atoms with van der Waals surface area (Å²) in [6.07, 6.45) is 1.57. The standard InChI is InChI=1S/C16H12N2O2S/c19-15-13-6-2-1-4-11(13)7-8-14(15)16(20)18-17-10-12-5-3-9-21-12/h1-10,19H,(H,18,20)/b17-10+. The molecule has 2 N–H and O–H groups in total. The predicted octanol–water partition coefficient (Wildman–Crippen LogP) is 3.37. The predicted molar refractivity (Wildman–Crippen MR) is 85.0 cm³/mol. The lowest BCUT2D eigenvalue weighted by molar-refractivity contribution is 0.0953. The molecule has 2 aromatic carbocycles. The first-order valence-corrected chi connectivity index (χ1v) is 7.21. The van der Waals surface area contributed by atoms with Gasteiger partial charge in [-0.25, -0.2) is 5.43 Å². The van der Waals surface area contributed by atoms with Gasteiger partial charge in [0.1, 0.15) is 5.75 Å². The first-order chi connectivity index (χ1) is 10.3. The third-order valence-corrected chi connectivity index (χ3v) is 3.85. The van der Waals surface area contributed by atoms with E-state index in [2.05, 4.69) is 10.5 Å². The molecule has 0 radical (unpaired) electrons. The number of nitrogens with zero attached hydrogens (tertiary/aromatic N) is 1. The van der Waals surface area contributed by atoms with Crippen molar-refractivity contribution in [3.05, 3.63) is 64.4 Å². The summed E-state index contributed by atoms with van der Waals surface area (Å²) in [5.41, 5.74) is 2.63. The minimum Gasteiger partial charge on any atom is -0.506 e. The number of nitrogens with one attached hydrogen (secondary N) is 1. The largest absolute Gasteiger partial charge is 0.506 e. The number of hydrogen-bond donors (Lipinski definition) is 2. The molecule has 0 fully saturated rings. The van der Waals surface area contributed by atoms with E-state index in [-0.39, 0.29) is 11.3 Å². The van der Waals surface area contributed by atoms with E-state index in [9.17, 15) is 9.90 Å². The van der Waals surface area contributed by atoms with Crippen LogP contribution < -0.4 is 5.43 Å². The summed E-state index contributed by atoms with van der Waals surface area (Å²) >= 11 is 1.53. The van der Waals surface area contributed by atoms with Crippen molar-refractivity contribution >= 4 is 34.2 Å². The molecule has 1 heterocycles. The number of hydrogen-bond acceptors (Lipinski definition) is 4. The van der Waals surface area contributed by atoms with E-state index < -0.39 is 5.91 Å². The zero-order valence-electron chi connectivity index (χ0n) is 11.0. The molecule has 0 spiro atoms. The molecule has 104 valence electrons. The van der Waals surface area contributed by atoms with Gasteiger partial charge in [0, 0.05) is 10.3 Å². The molecule has 1 aromatic heterocycles. The Bertz CT molecular complexity index is 810. The number of rotatable bonds is 3. The Morgan fingerprint density at radius 3 is 2.81 bits per heavy atom. The average molecular weight is 296 g/mol. The highest BCUT2D eigenvalue weighted by Gasteiger charge is 2.12. The smallest absolute Gasteiger partial charge is 0.275 e. The van der Waals surface area contributed by atoms with Crippen LogP contribution in [0.4, 0.5) is 0 Å². The van der Waals surface area contributed by atoms with Crippen molar-refractivity contribution in [3.8, 4) is 5.75 Å². The van der Waals surface area contributed by atoms with E-state index in [1.54, 1.807) is 24.4 Å². The van der Waals surface area contributed by atoms with E-state index in [1.807, 2.05) is 35.7 Å². The van der Waals surface area contributed by atoms with Crippen LogP contribution >= 0.6 is 11.3 Å². The van der Waals surface area contributed by atoms with Gasteiger partial charge >= 0.3 is 0 Å². The van der Waals surface area contributed by atoms with Crippen LogP contribution in [0.3, 0.4) is 0 Å². The SMILES string of the molecule is O=C(N/N=C/c1cccs1)c1ccc2ccccc2c1O. The second kappa shape index (κ2) is 5.76. The molecule has 1 amide bonds. The van der Waals surface area contributed by atoms with Crippen molar-refractivity contribution in [2.45, 2.75) is 0 Å². The number of fused-ring (bicyclic) bond motifs is 1. The molecular formula is C16H12N2O2S. The number of amides is 1. The summed E-state index contributed by atoms with van der Waals surface area (Å²) in [5, 5.41) is 17.5. The van der Waals surface area contributed by atoms with Gasteiger partial charge in [-0.1, -0.05) is 36.4 Å². The molecule has 21 heavy (non-hydrogen) atoms. The van der Waals surface area contributed by atoms with Crippen molar-refractivity contribution in [2.24, 2.45) is 5.10 Å². The lowest BCUT2D eigenvalue weighted by atomic mass is 10.1. The van der Waals surface area contributed by atoms with Crippen LogP contribution in [-0.4, -0.2) is 17.2 Å². The number of hydrazone groups is 1. The maximum Gasteiger partial charge on any atom is 0.275 e. The van der Waals surface area contributed by atoms with Gasteiger partial charge in [0.05, 0.1) is 11.8 Å². The molecule has 3 rings (SSSR count). The van der Waals surface area contributed by atoms with Crippen molar-refractivity contribution in [1.82, 2.24) is 5.43 Å². The zero-order valence-corrected chi connectivity index (χ0v) is 11.8. The molecule has 0 unspecified atom stereocenters. The molecule has 0 atom stereocenters. The normalized spacial score (nSPS) is 11.0. The van der Waals surface area contributed by atoms with Gasteiger partial charge in [0.2, 0.25) is 0 Å². The molecule has 0 aliphatic carbocycles. The van der Waals surface area contributed by atoms with E-state index in [0.717, 1.165) is 10.3 Å². The molecule has 5 heteroatoms. The number of phenolic OH excluding ortho intramolecular Hbond substituents is 1. The lowest BCUT2D eigenvalue weighted by Gasteiger charge is -2.06. The molecule has 0 aliphatic rings. The Hall–Kier alpha value is -2.66. The third kappa shape index (κ3) is 2.78. The minimum absolute atomic E-state index is 0.0306. The van der Waals surface area contributed by atoms with E-state index in [4.69, 9.17) is 0 Å². The first kappa shape index (κ1) is 13.3. The van der Waals surface area contributed by atoms with Crippen molar-refractivity contribution in [1.29, 1.82) is 0 Å². The van der Waals surface area contributed by atoms with Crippen LogP contribution in [0.1, 0.15) is 15.2 Å². The monoisotopic (exact) mass is 296 g/mol. The van der Waals surface area contributed by atoms with Gasteiger partial charge in [-0.3, -0.25) is 4.79 Å². The first-order valence-electron chi connectivity index (χ1n) is 6.33. The van der Waals surface area contributed by atoms with Gasteiger partial charge in [0.15, 0.2) is 0 Å². The van der Waals surface area contributed by atoms with E-state index in [1.165, 1.54) is 11.3 Å². The van der Waals surface area contributed by atoms with Crippen LogP contribution in [0, 0.1) is 0 Å². The number of thiophene rings is 1. The average Bonchev–Trinajstić information content (AvgIpc) is 3.01. The molecular weight excluding hydrogens is 284 g/mol. The second-order valence-electron chi connectivity index (χ2n) is 4.40. The van der Waals surface area contributed by atoms with Crippen molar-refractivity contribution in [2.75, 3.05) is 0 Å². The topological polar surface area (TPSA) is 61.7 Å². The second-order valence-corrected chi connectivity index (χ2v) is 5.38. The Morgan fingerprint density at radius 1 is 1.14 bits per heavy atom. The Labute approximate surface area is 125 Å². The van der Waals surface area contributed by atoms with Gasteiger partial charge in [-0.2, -0.15) is 5.10 Å². The quantitative estimate of drug-likeness (QED) is 0.575. The molecule has 3 aromatic rings. The molecule has 0 aliphatic heterocycles. The summed E-state index contributed by atoms with van der Waals surface area (Å²) in [5.74, 6) is -0.469. The van der Waals surface area contributed by atoms with Crippen LogP contribution in [-0.2, 0) is 0 Å². The Balaban J connectivity index is 1.83. The molecule has 4 nitrogen and oxygen atoms in total. The van der Waals surface area contributed by atoms with Crippen LogP contribution in [0.25, 0.3) is 10.8 Å². The third-order valence-electron chi connectivity index (χ3n) is 3.05. The van der Waals surface area contributed by atoms with Crippen LogP contribution in [0.2, 0.25) is 0 Å². The highest BCUT2D eigenvalue weighted by molar-refractivity contribution is 7.11. The highest BCUT2D eigenvalue weighted by atomic mass is 32.1. The summed E-state index contributed by atoms with van der Waals surface area (Å²) < 4.78 is 0. The fourth-order valence-electron chi connectivity index (χ4n) is 2.02. The molecule has 0 bridgehead atoms. The summed E-state index contributed by atoms with van der Waals surface area (Å²) in [6.45, 7) is 0. The minimum atomic E-state index is -0.439. The maximum atomic E-state index is 12.1. The lowest BCUT2D eigenvalue weighted by Crippen LogP contribution is -2.17. The summed E-state index contributed by atoms with van der Waals surface area (Å²) in [4.78, 5) is 13.0. The van der Waals surface area contributed by atoms with Gasteiger partial charge in [0.25, 0.3) is 5.91 Å². The fraction of sp³-hybridized carbons (Fsp3) is 0. The Morgan fingerprint density at radius 2 is 2.00 bits per heavy atom. The van der Waals surface area contributed by atoms with Gasteiger partial charge in [-0.05, 0) is 22.9 Å². The Kier molecular flexibility index (Phi) is 3.66. The summed E-state index contributed by atoms with van der Waals surface area (Å²) in [7, 11) is 0. The van der Waals surface area contributed by atoms with Crippen LogP contribution in [0.15, 0.2) is 59.0 Å². The van der Waals surface area contributed by atoms with Gasteiger partial charge in [-0.15, -0.1) is 11.3 Å².